The van der Waals surface area contributed by atoms with Crippen LogP contribution in [-0.2, 0) is 6.42 Å². The molecule has 4 rings (SSSR count). The van der Waals surface area contributed by atoms with Crippen molar-refractivity contribution in [2.24, 2.45) is 0 Å². The molecule has 3 aromatic rings. The first-order chi connectivity index (χ1) is 14.2. The van der Waals surface area contributed by atoms with E-state index in [0.29, 0.717) is 5.69 Å². The summed E-state index contributed by atoms with van der Waals surface area (Å²) in [4.78, 5) is 17.2. The van der Waals surface area contributed by atoms with Crippen molar-refractivity contribution in [2.45, 2.75) is 25.3 Å². The van der Waals surface area contributed by atoms with Crippen molar-refractivity contribution in [3.05, 3.63) is 90.1 Å². The van der Waals surface area contributed by atoms with E-state index in [4.69, 9.17) is 4.42 Å². The molecule has 0 N–H and O–H groups in total. The number of anilines is 1. The Bertz CT molecular complexity index is 919. The molecule has 2 heterocycles. The number of furan rings is 1. The lowest BCUT2D eigenvalue weighted by Crippen LogP contribution is -2.48. The highest BCUT2D eigenvalue weighted by Crippen LogP contribution is 2.27. The number of halogens is 1. The maximum absolute atomic E-state index is 13.9. The Morgan fingerprint density at radius 3 is 2.52 bits per heavy atom. The minimum atomic E-state index is -0.347. The largest absolute Gasteiger partial charge is 0.459 e. The standard InChI is InChI=1S/C24H25FN2O2/c25-20-8-4-9-22(18-20)27(24(28)23-10-5-17-29-23)21-12-15-26(16-13-21)14-11-19-6-2-1-3-7-19/h1-10,17-18,21H,11-16H2. The number of hydrogen-bond acceptors (Lipinski definition) is 3. The van der Waals surface area contributed by atoms with Gasteiger partial charge in [-0.3, -0.25) is 4.79 Å². The number of carbonyl (C=O) groups excluding carboxylic acids is 1. The Hall–Kier alpha value is -2.92. The summed E-state index contributed by atoms with van der Waals surface area (Å²) in [6.07, 6.45) is 4.20. The molecule has 0 bridgehead atoms. The van der Waals surface area contributed by atoms with Gasteiger partial charge in [0.1, 0.15) is 5.82 Å². The van der Waals surface area contributed by atoms with Gasteiger partial charge in [0, 0.05) is 31.4 Å². The van der Waals surface area contributed by atoms with Crippen molar-refractivity contribution in [1.82, 2.24) is 4.90 Å². The molecular formula is C24H25FN2O2. The summed E-state index contributed by atoms with van der Waals surface area (Å²) in [5, 5.41) is 0. The average Bonchev–Trinajstić information content (AvgIpc) is 3.29. The predicted octanol–water partition coefficient (Wildman–Crippen LogP) is 4.77. The van der Waals surface area contributed by atoms with E-state index in [1.807, 2.05) is 6.07 Å². The fraction of sp³-hybridized carbons (Fsp3) is 0.292. The summed E-state index contributed by atoms with van der Waals surface area (Å²) < 4.78 is 19.2. The minimum Gasteiger partial charge on any atom is -0.459 e. The van der Waals surface area contributed by atoms with E-state index >= 15 is 0 Å². The van der Waals surface area contributed by atoms with E-state index in [-0.39, 0.29) is 23.5 Å². The van der Waals surface area contributed by atoms with Crippen LogP contribution in [0.4, 0.5) is 10.1 Å². The first-order valence-electron chi connectivity index (χ1n) is 10.1. The van der Waals surface area contributed by atoms with Gasteiger partial charge in [-0.05, 0) is 55.2 Å². The van der Waals surface area contributed by atoms with Crippen LogP contribution in [0.5, 0.6) is 0 Å². The normalized spacial score (nSPS) is 15.3. The van der Waals surface area contributed by atoms with Gasteiger partial charge >= 0.3 is 0 Å². The molecule has 1 fully saturated rings. The maximum atomic E-state index is 13.9. The number of piperidine rings is 1. The molecule has 1 aliphatic rings. The van der Waals surface area contributed by atoms with E-state index in [2.05, 4.69) is 29.2 Å². The van der Waals surface area contributed by atoms with E-state index < -0.39 is 0 Å². The molecule has 1 saturated heterocycles. The second-order valence-corrected chi connectivity index (χ2v) is 7.44. The Morgan fingerprint density at radius 2 is 1.83 bits per heavy atom. The molecule has 4 nitrogen and oxygen atoms in total. The van der Waals surface area contributed by atoms with Crippen molar-refractivity contribution in [3.63, 3.8) is 0 Å². The minimum absolute atomic E-state index is 0.0161. The monoisotopic (exact) mass is 392 g/mol. The van der Waals surface area contributed by atoms with Crippen molar-refractivity contribution >= 4 is 11.6 Å². The molecule has 150 valence electrons. The highest BCUT2D eigenvalue weighted by atomic mass is 19.1. The van der Waals surface area contributed by atoms with Crippen molar-refractivity contribution in [3.8, 4) is 0 Å². The summed E-state index contributed by atoms with van der Waals surface area (Å²) in [5.41, 5.74) is 1.91. The number of rotatable bonds is 6. The summed E-state index contributed by atoms with van der Waals surface area (Å²) in [5.74, 6) is -0.288. The van der Waals surface area contributed by atoms with Crippen LogP contribution in [0.15, 0.2) is 77.4 Å². The number of likely N-dealkylation sites (tertiary alicyclic amines) is 1. The fourth-order valence-corrected chi connectivity index (χ4v) is 3.97. The zero-order valence-electron chi connectivity index (χ0n) is 16.3. The molecule has 29 heavy (non-hydrogen) atoms. The Labute approximate surface area is 170 Å². The van der Waals surface area contributed by atoms with E-state index in [1.165, 1.54) is 24.0 Å². The maximum Gasteiger partial charge on any atom is 0.294 e. The lowest BCUT2D eigenvalue weighted by Gasteiger charge is -2.38. The third-order valence-corrected chi connectivity index (χ3v) is 5.52. The van der Waals surface area contributed by atoms with Crippen molar-refractivity contribution in [1.29, 1.82) is 0 Å². The molecule has 0 atom stereocenters. The van der Waals surface area contributed by atoms with Crippen molar-refractivity contribution in [2.75, 3.05) is 24.5 Å². The van der Waals surface area contributed by atoms with E-state index in [1.54, 1.807) is 29.2 Å². The van der Waals surface area contributed by atoms with Gasteiger partial charge in [-0.1, -0.05) is 36.4 Å². The Balaban J connectivity index is 1.44. The van der Waals surface area contributed by atoms with Crippen LogP contribution in [0.3, 0.4) is 0 Å². The lowest BCUT2D eigenvalue weighted by molar-refractivity contribution is 0.0933. The fourth-order valence-electron chi connectivity index (χ4n) is 3.97. The topological polar surface area (TPSA) is 36.7 Å². The third-order valence-electron chi connectivity index (χ3n) is 5.52. The van der Waals surface area contributed by atoms with Crippen LogP contribution in [0.1, 0.15) is 29.0 Å². The van der Waals surface area contributed by atoms with E-state index in [9.17, 15) is 9.18 Å². The average molecular weight is 392 g/mol. The van der Waals surface area contributed by atoms with E-state index in [0.717, 1.165) is 38.9 Å². The summed E-state index contributed by atoms with van der Waals surface area (Å²) in [6, 6.07) is 20.1. The Morgan fingerprint density at radius 1 is 1.03 bits per heavy atom. The number of nitrogens with zero attached hydrogens (tertiary/aromatic N) is 2. The molecule has 0 unspecified atom stereocenters. The van der Waals surface area contributed by atoms with Crippen LogP contribution in [0, 0.1) is 5.82 Å². The second kappa shape index (κ2) is 9.05. The SMILES string of the molecule is O=C(c1ccco1)N(c1cccc(F)c1)C1CCN(CCc2ccccc2)CC1. The van der Waals surface area contributed by atoms with Gasteiger partial charge < -0.3 is 14.2 Å². The molecule has 1 aliphatic heterocycles. The van der Waals surface area contributed by atoms with Crippen LogP contribution in [0.2, 0.25) is 0 Å². The van der Waals surface area contributed by atoms with Crippen LogP contribution in [0.25, 0.3) is 0 Å². The van der Waals surface area contributed by atoms with Gasteiger partial charge in [0.15, 0.2) is 5.76 Å². The molecule has 0 saturated carbocycles. The van der Waals surface area contributed by atoms with Crippen LogP contribution >= 0.6 is 0 Å². The van der Waals surface area contributed by atoms with Gasteiger partial charge in [0.2, 0.25) is 0 Å². The quantitative estimate of drug-likeness (QED) is 0.606. The molecular weight excluding hydrogens is 367 g/mol. The zero-order chi connectivity index (χ0) is 20.1. The molecule has 5 heteroatoms. The predicted molar refractivity (Wildman–Crippen MR) is 112 cm³/mol. The van der Waals surface area contributed by atoms with Gasteiger partial charge in [0.05, 0.1) is 6.26 Å². The van der Waals surface area contributed by atoms with Crippen molar-refractivity contribution < 1.29 is 13.6 Å². The third kappa shape index (κ3) is 4.74. The second-order valence-electron chi connectivity index (χ2n) is 7.44. The summed E-state index contributed by atoms with van der Waals surface area (Å²) in [6.45, 7) is 2.83. The lowest BCUT2D eigenvalue weighted by atomic mass is 10.0. The zero-order valence-corrected chi connectivity index (χ0v) is 16.3. The first-order valence-corrected chi connectivity index (χ1v) is 10.1. The van der Waals surface area contributed by atoms with Gasteiger partial charge in [-0.25, -0.2) is 4.39 Å². The molecule has 0 aliphatic carbocycles. The Kier molecular flexibility index (Phi) is 6.06. The number of carbonyl (C=O) groups is 1. The summed E-state index contributed by atoms with van der Waals surface area (Å²) in [7, 11) is 0. The van der Waals surface area contributed by atoms with Gasteiger partial charge in [0.25, 0.3) is 5.91 Å². The van der Waals surface area contributed by atoms with Crippen LogP contribution < -0.4 is 4.90 Å². The molecule has 1 amide bonds. The highest BCUT2D eigenvalue weighted by molar-refractivity contribution is 6.04. The highest BCUT2D eigenvalue weighted by Gasteiger charge is 2.31. The van der Waals surface area contributed by atoms with Gasteiger partial charge in [-0.15, -0.1) is 0 Å². The molecule has 2 aromatic carbocycles. The molecule has 0 spiro atoms. The number of hydrogen-bond donors (Lipinski definition) is 0. The first kappa shape index (κ1) is 19.4. The summed E-state index contributed by atoms with van der Waals surface area (Å²) >= 11 is 0. The number of amides is 1. The number of benzene rings is 2. The van der Waals surface area contributed by atoms with Gasteiger partial charge in [-0.2, -0.15) is 0 Å². The smallest absolute Gasteiger partial charge is 0.294 e. The molecule has 1 aromatic heterocycles. The molecule has 0 radical (unpaired) electrons. The van der Waals surface area contributed by atoms with Crippen LogP contribution in [-0.4, -0.2) is 36.5 Å².